The van der Waals surface area contributed by atoms with E-state index in [9.17, 15) is 10.1 Å². The molecule has 7 nitrogen and oxygen atoms in total. The van der Waals surface area contributed by atoms with E-state index in [0.29, 0.717) is 19.0 Å². The minimum absolute atomic E-state index is 0. The second-order valence-electron chi connectivity index (χ2n) is 6.09. The first-order chi connectivity index (χ1) is 12.5. The number of non-ortho nitro benzene ring substituents is 1. The van der Waals surface area contributed by atoms with Gasteiger partial charge in [-0.05, 0) is 37.1 Å². The minimum Gasteiger partial charge on any atom is -0.497 e. The molecule has 146 valence electrons. The third kappa shape index (κ3) is 7.81. The number of nitrogens with one attached hydrogen (secondary N) is 2. The van der Waals surface area contributed by atoms with Gasteiger partial charge in [-0.25, -0.2) is 4.99 Å². The fourth-order valence-corrected chi connectivity index (χ4v) is 2.25. The standard InChI is InChI=1S/C19H24N4O3.HI/c1-14(2)22-19(21-13-16-6-10-18(26-3)11-7-16)20-12-15-4-8-17(9-5-15)23(24)25;/h4-11,14H,12-13H2,1-3H3,(H2,20,21,22);1H. The van der Waals surface area contributed by atoms with Crippen LogP contribution in [-0.2, 0) is 13.1 Å². The number of hydrogen-bond acceptors (Lipinski definition) is 4. The van der Waals surface area contributed by atoms with E-state index in [-0.39, 0.29) is 35.7 Å². The van der Waals surface area contributed by atoms with E-state index in [1.807, 2.05) is 38.1 Å². The van der Waals surface area contributed by atoms with Gasteiger partial charge in [-0.3, -0.25) is 10.1 Å². The van der Waals surface area contributed by atoms with Crippen LogP contribution in [0.25, 0.3) is 0 Å². The van der Waals surface area contributed by atoms with Crippen molar-refractivity contribution in [3.63, 3.8) is 0 Å². The maximum atomic E-state index is 10.7. The van der Waals surface area contributed by atoms with Crippen LogP contribution in [0.2, 0.25) is 0 Å². The fraction of sp³-hybridized carbons (Fsp3) is 0.316. The fourth-order valence-electron chi connectivity index (χ4n) is 2.25. The van der Waals surface area contributed by atoms with Crippen LogP contribution in [-0.4, -0.2) is 24.0 Å². The molecule has 0 unspecified atom stereocenters. The number of nitrogens with zero attached hydrogens (tertiary/aromatic N) is 2. The molecule has 0 saturated heterocycles. The van der Waals surface area contributed by atoms with Gasteiger partial charge in [0.15, 0.2) is 5.96 Å². The number of benzene rings is 2. The highest BCUT2D eigenvalue weighted by molar-refractivity contribution is 14.0. The van der Waals surface area contributed by atoms with Crippen molar-refractivity contribution in [1.82, 2.24) is 10.6 Å². The number of aliphatic imine (C=N–C) groups is 1. The lowest BCUT2D eigenvalue weighted by Crippen LogP contribution is -2.40. The molecule has 2 aromatic rings. The van der Waals surface area contributed by atoms with Gasteiger partial charge in [0.25, 0.3) is 5.69 Å². The van der Waals surface area contributed by atoms with Crippen LogP contribution in [0.3, 0.4) is 0 Å². The van der Waals surface area contributed by atoms with Gasteiger partial charge in [0.2, 0.25) is 0 Å². The summed E-state index contributed by atoms with van der Waals surface area (Å²) in [6.45, 7) is 5.14. The highest BCUT2D eigenvalue weighted by Crippen LogP contribution is 2.13. The van der Waals surface area contributed by atoms with Gasteiger partial charge in [0.1, 0.15) is 5.75 Å². The number of halogens is 1. The Morgan fingerprint density at radius 3 is 2.22 bits per heavy atom. The van der Waals surface area contributed by atoms with Crippen LogP contribution in [0.1, 0.15) is 25.0 Å². The summed E-state index contributed by atoms with van der Waals surface area (Å²) in [5, 5.41) is 17.2. The molecule has 0 aromatic heterocycles. The minimum atomic E-state index is -0.404. The van der Waals surface area contributed by atoms with E-state index >= 15 is 0 Å². The molecule has 0 fully saturated rings. The summed E-state index contributed by atoms with van der Waals surface area (Å²) in [6, 6.07) is 14.5. The molecule has 0 aliphatic heterocycles. The van der Waals surface area contributed by atoms with Crippen LogP contribution < -0.4 is 15.4 Å². The molecule has 0 aliphatic carbocycles. The molecule has 8 heteroatoms. The first-order valence-electron chi connectivity index (χ1n) is 8.39. The van der Waals surface area contributed by atoms with Crippen LogP contribution in [0, 0.1) is 10.1 Å². The van der Waals surface area contributed by atoms with Gasteiger partial charge in [-0.1, -0.05) is 24.3 Å². The van der Waals surface area contributed by atoms with Gasteiger partial charge >= 0.3 is 0 Å². The molecule has 0 heterocycles. The summed E-state index contributed by atoms with van der Waals surface area (Å²) in [5.41, 5.74) is 2.10. The molecule has 2 rings (SSSR count). The summed E-state index contributed by atoms with van der Waals surface area (Å²) in [7, 11) is 1.64. The first kappa shape index (κ1) is 22.7. The molecule has 27 heavy (non-hydrogen) atoms. The van der Waals surface area contributed by atoms with Gasteiger partial charge < -0.3 is 15.4 Å². The van der Waals surface area contributed by atoms with Crippen molar-refractivity contribution in [2.24, 2.45) is 4.99 Å². The van der Waals surface area contributed by atoms with Crippen molar-refractivity contribution in [2.45, 2.75) is 33.0 Å². The highest BCUT2D eigenvalue weighted by atomic mass is 127. The van der Waals surface area contributed by atoms with Gasteiger partial charge in [0.05, 0.1) is 18.6 Å². The Morgan fingerprint density at radius 2 is 1.70 bits per heavy atom. The number of hydrogen-bond donors (Lipinski definition) is 2. The smallest absolute Gasteiger partial charge is 0.269 e. The van der Waals surface area contributed by atoms with Gasteiger partial charge in [-0.15, -0.1) is 24.0 Å². The van der Waals surface area contributed by atoms with Crippen LogP contribution in [0.5, 0.6) is 5.75 Å². The lowest BCUT2D eigenvalue weighted by atomic mass is 10.2. The summed E-state index contributed by atoms with van der Waals surface area (Å²) in [6.07, 6.45) is 0. The topological polar surface area (TPSA) is 88.8 Å². The zero-order chi connectivity index (χ0) is 18.9. The molecular weight excluding hydrogens is 459 g/mol. The SMILES string of the molecule is COc1ccc(CN=C(NCc2ccc([N+](=O)[O-])cc2)NC(C)C)cc1.I. The number of guanidine groups is 1. The Morgan fingerprint density at radius 1 is 1.11 bits per heavy atom. The number of methoxy groups -OCH3 is 1. The second-order valence-corrected chi connectivity index (χ2v) is 6.09. The van der Waals surface area contributed by atoms with Crippen molar-refractivity contribution in [3.8, 4) is 5.75 Å². The number of nitro groups is 1. The van der Waals surface area contributed by atoms with Crippen molar-refractivity contribution in [1.29, 1.82) is 0 Å². The highest BCUT2D eigenvalue weighted by Gasteiger charge is 2.05. The van der Waals surface area contributed by atoms with Crippen molar-refractivity contribution in [2.75, 3.05) is 7.11 Å². The summed E-state index contributed by atoms with van der Waals surface area (Å²) < 4.78 is 5.16. The predicted octanol–water partition coefficient (Wildman–Crippen LogP) is 3.87. The van der Waals surface area contributed by atoms with Crippen molar-refractivity contribution >= 4 is 35.6 Å². The third-order valence-corrected chi connectivity index (χ3v) is 3.61. The van der Waals surface area contributed by atoms with E-state index in [0.717, 1.165) is 16.9 Å². The Hall–Kier alpha value is -2.36. The molecule has 0 saturated carbocycles. The molecule has 0 bridgehead atoms. The van der Waals surface area contributed by atoms with Crippen LogP contribution in [0.15, 0.2) is 53.5 Å². The molecule has 0 aliphatic rings. The Kier molecular flexibility index (Phi) is 9.55. The van der Waals surface area contributed by atoms with Crippen molar-refractivity contribution < 1.29 is 9.66 Å². The van der Waals surface area contributed by atoms with Crippen molar-refractivity contribution in [3.05, 3.63) is 69.8 Å². The maximum absolute atomic E-state index is 10.7. The lowest BCUT2D eigenvalue weighted by molar-refractivity contribution is -0.384. The Balaban J connectivity index is 0.00000364. The molecule has 2 N–H and O–H groups in total. The van der Waals surface area contributed by atoms with Gasteiger partial charge in [-0.2, -0.15) is 0 Å². The molecule has 0 radical (unpaired) electrons. The number of ether oxygens (including phenoxy) is 1. The lowest BCUT2D eigenvalue weighted by Gasteiger charge is -2.15. The average Bonchev–Trinajstić information content (AvgIpc) is 2.64. The van der Waals surface area contributed by atoms with Crippen LogP contribution >= 0.6 is 24.0 Å². The van der Waals surface area contributed by atoms with Crippen LogP contribution in [0.4, 0.5) is 5.69 Å². The summed E-state index contributed by atoms with van der Waals surface area (Å²) in [5.74, 6) is 1.50. The quantitative estimate of drug-likeness (QED) is 0.205. The first-order valence-corrected chi connectivity index (χ1v) is 8.39. The second kappa shape index (κ2) is 11.4. The van der Waals surface area contributed by atoms with E-state index in [1.54, 1.807) is 19.2 Å². The normalized spacial score (nSPS) is 10.9. The van der Waals surface area contributed by atoms with E-state index < -0.39 is 4.92 Å². The Bertz CT molecular complexity index is 747. The average molecular weight is 484 g/mol. The maximum Gasteiger partial charge on any atom is 0.269 e. The molecule has 0 amide bonds. The molecule has 0 spiro atoms. The predicted molar refractivity (Wildman–Crippen MR) is 118 cm³/mol. The summed E-state index contributed by atoms with van der Waals surface area (Å²) >= 11 is 0. The largest absolute Gasteiger partial charge is 0.497 e. The molecule has 2 aromatic carbocycles. The molecular formula is C19H25IN4O3. The van der Waals surface area contributed by atoms with E-state index in [2.05, 4.69) is 15.6 Å². The zero-order valence-electron chi connectivity index (χ0n) is 15.6. The Labute approximate surface area is 176 Å². The monoisotopic (exact) mass is 484 g/mol. The third-order valence-electron chi connectivity index (χ3n) is 3.61. The zero-order valence-corrected chi connectivity index (χ0v) is 18.0. The van der Waals surface area contributed by atoms with E-state index in [4.69, 9.17) is 4.74 Å². The van der Waals surface area contributed by atoms with E-state index in [1.165, 1.54) is 12.1 Å². The molecule has 0 atom stereocenters. The summed E-state index contributed by atoms with van der Waals surface area (Å²) in [4.78, 5) is 14.9. The number of rotatable bonds is 7. The van der Waals surface area contributed by atoms with Gasteiger partial charge in [0, 0.05) is 24.7 Å². The number of nitro benzene ring substituents is 1.